The van der Waals surface area contributed by atoms with Crippen LogP contribution in [-0.2, 0) is 16.1 Å². The second-order valence-corrected chi connectivity index (χ2v) is 8.37. The van der Waals surface area contributed by atoms with E-state index >= 15 is 0 Å². The second-order valence-electron chi connectivity index (χ2n) is 6.99. The minimum Gasteiger partial charge on any atom is -0.385 e. The van der Waals surface area contributed by atoms with Crippen LogP contribution in [0.1, 0.15) is 17.5 Å². The lowest BCUT2D eigenvalue weighted by atomic mass is 10.1. The van der Waals surface area contributed by atoms with Gasteiger partial charge in [-0.1, -0.05) is 29.4 Å². The van der Waals surface area contributed by atoms with Gasteiger partial charge in [-0.15, -0.1) is 0 Å². The van der Waals surface area contributed by atoms with Crippen molar-refractivity contribution in [1.82, 2.24) is 9.55 Å². The maximum absolute atomic E-state index is 13.0. The molecule has 0 radical (unpaired) electrons. The van der Waals surface area contributed by atoms with E-state index in [1.807, 2.05) is 32.0 Å². The summed E-state index contributed by atoms with van der Waals surface area (Å²) in [6.07, 6.45) is 0.666. The van der Waals surface area contributed by atoms with Crippen LogP contribution in [0.3, 0.4) is 0 Å². The lowest BCUT2D eigenvalue weighted by Crippen LogP contribution is -2.25. The highest BCUT2D eigenvalue weighted by atomic mass is 35.5. The molecule has 0 fully saturated rings. The average Bonchev–Trinajstić information content (AvgIpc) is 2.71. The summed E-state index contributed by atoms with van der Waals surface area (Å²) < 4.78 is 6.71. The first kappa shape index (κ1) is 22.3. The number of carbonyl (C=O) groups excluding carboxylic acids is 1. The number of carbonyl (C=O) groups is 1. The lowest BCUT2D eigenvalue weighted by molar-refractivity contribution is -0.113. The first-order valence-corrected chi connectivity index (χ1v) is 10.9. The number of benzene rings is 2. The smallest absolute Gasteiger partial charge is 0.262 e. The first-order valence-electron chi connectivity index (χ1n) is 9.58. The van der Waals surface area contributed by atoms with Gasteiger partial charge in [0.15, 0.2) is 5.16 Å². The van der Waals surface area contributed by atoms with Crippen LogP contribution < -0.4 is 10.9 Å². The zero-order chi connectivity index (χ0) is 21.7. The van der Waals surface area contributed by atoms with Crippen LogP contribution in [0, 0.1) is 13.8 Å². The fraction of sp³-hybridized carbons (Fsp3) is 0.318. The Bertz CT molecular complexity index is 1130. The van der Waals surface area contributed by atoms with E-state index in [9.17, 15) is 9.59 Å². The summed E-state index contributed by atoms with van der Waals surface area (Å²) in [6, 6.07) is 10.8. The van der Waals surface area contributed by atoms with E-state index < -0.39 is 0 Å². The molecule has 1 amide bonds. The van der Waals surface area contributed by atoms with Crippen molar-refractivity contribution in [3.8, 4) is 0 Å². The molecule has 1 N–H and O–H groups in total. The van der Waals surface area contributed by atoms with Gasteiger partial charge in [-0.05, 0) is 61.7 Å². The van der Waals surface area contributed by atoms with Gasteiger partial charge in [0.1, 0.15) is 0 Å². The highest BCUT2D eigenvalue weighted by molar-refractivity contribution is 7.99. The van der Waals surface area contributed by atoms with Gasteiger partial charge in [-0.2, -0.15) is 0 Å². The molecule has 8 heteroatoms. The number of methoxy groups -OCH3 is 1. The number of fused-ring (bicyclic) bond motifs is 1. The summed E-state index contributed by atoms with van der Waals surface area (Å²) >= 11 is 7.30. The summed E-state index contributed by atoms with van der Waals surface area (Å²) in [4.78, 5) is 30.1. The highest BCUT2D eigenvalue weighted by Gasteiger charge is 2.14. The summed E-state index contributed by atoms with van der Waals surface area (Å²) in [5.41, 5.74) is 3.40. The molecule has 0 spiro atoms. The predicted molar refractivity (Wildman–Crippen MR) is 123 cm³/mol. The van der Waals surface area contributed by atoms with Crippen molar-refractivity contribution in [2.24, 2.45) is 0 Å². The van der Waals surface area contributed by atoms with Crippen LogP contribution in [-0.4, -0.2) is 34.9 Å². The Morgan fingerprint density at radius 2 is 2.00 bits per heavy atom. The van der Waals surface area contributed by atoms with Gasteiger partial charge in [0.2, 0.25) is 5.91 Å². The Hall–Kier alpha value is -2.35. The predicted octanol–water partition coefficient (Wildman–Crippen LogP) is 4.43. The van der Waals surface area contributed by atoms with Crippen molar-refractivity contribution in [3.05, 3.63) is 62.9 Å². The normalized spacial score (nSPS) is 11.1. The largest absolute Gasteiger partial charge is 0.385 e. The van der Waals surface area contributed by atoms with Crippen LogP contribution in [0.4, 0.5) is 5.69 Å². The molecule has 158 valence electrons. The van der Waals surface area contributed by atoms with Gasteiger partial charge in [0.25, 0.3) is 5.56 Å². The standard InChI is InChI=1S/C22H24ClN3O3S/c1-14-5-7-17(11-15(14)2)24-20(27)13-30-22-25-19-12-16(23)6-8-18(19)21(28)26(22)9-4-10-29-3/h5-8,11-12H,4,9-10,13H2,1-3H3,(H,24,27). The van der Waals surface area contributed by atoms with Crippen molar-refractivity contribution in [1.29, 1.82) is 0 Å². The molecule has 0 aliphatic rings. The lowest BCUT2D eigenvalue weighted by Gasteiger charge is -2.13. The number of hydrogen-bond donors (Lipinski definition) is 1. The Morgan fingerprint density at radius 1 is 1.20 bits per heavy atom. The van der Waals surface area contributed by atoms with Crippen LogP contribution in [0.25, 0.3) is 10.9 Å². The summed E-state index contributed by atoms with van der Waals surface area (Å²) in [5, 5.41) is 4.39. The van der Waals surface area contributed by atoms with E-state index in [0.717, 1.165) is 11.3 Å². The molecule has 0 saturated heterocycles. The van der Waals surface area contributed by atoms with Crippen LogP contribution in [0.5, 0.6) is 0 Å². The number of thioether (sulfide) groups is 1. The third-order valence-corrected chi connectivity index (χ3v) is 5.95. The molecule has 0 bridgehead atoms. The van der Waals surface area contributed by atoms with Crippen molar-refractivity contribution in [2.45, 2.75) is 32.0 Å². The molecular formula is C22H24ClN3O3S. The molecule has 0 unspecified atom stereocenters. The number of anilines is 1. The third kappa shape index (κ3) is 5.41. The molecule has 1 aromatic heterocycles. The topological polar surface area (TPSA) is 73.2 Å². The number of aryl methyl sites for hydroxylation is 2. The monoisotopic (exact) mass is 445 g/mol. The second kappa shape index (κ2) is 10.1. The van der Waals surface area contributed by atoms with Gasteiger partial charge in [0.05, 0.1) is 16.7 Å². The molecule has 0 saturated carbocycles. The van der Waals surface area contributed by atoms with Gasteiger partial charge in [-0.25, -0.2) is 4.98 Å². The van der Waals surface area contributed by atoms with Crippen molar-refractivity contribution < 1.29 is 9.53 Å². The summed E-state index contributed by atoms with van der Waals surface area (Å²) in [7, 11) is 1.62. The quantitative estimate of drug-likeness (QED) is 0.315. The van der Waals surface area contributed by atoms with Gasteiger partial charge >= 0.3 is 0 Å². The number of ether oxygens (including phenoxy) is 1. The first-order chi connectivity index (χ1) is 14.4. The minimum absolute atomic E-state index is 0.135. The van der Waals surface area contributed by atoms with Crippen molar-refractivity contribution in [2.75, 3.05) is 24.8 Å². The Labute approximate surface area is 184 Å². The van der Waals surface area contributed by atoms with Crippen LogP contribution in [0.15, 0.2) is 46.3 Å². The third-order valence-electron chi connectivity index (χ3n) is 4.74. The fourth-order valence-corrected chi connectivity index (χ4v) is 3.99. The zero-order valence-electron chi connectivity index (χ0n) is 17.2. The molecule has 0 atom stereocenters. The van der Waals surface area contributed by atoms with Crippen molar-refractivity contribution in [3.63, 3.8) is 0 Å². The number of nitrogens with one attached hydrogen (secondary N) is 1. The average molecular weight is 446 g/mol. The van der Waals surface area contributed by atoms with Gasteiger partial charge in [-0.3, -0.25) is 14.2 Å². The maximum Gasteiger partial charge on any atom is 0.262 e. The molecule has 2 aromatic carbocycles. The van der Waals surface area contributed by atoms with E-state index in [-0.39, 0.29) is 17.2 Å². The van der Waals surface area contributed by atoms with Crippen LogP contribution >= 0.6 is 23.4 Å². The number of nitrogens with zero attached hydrogens (tertiary/aromatic N) is 2. The van der Waals surface area contributed by atoms with Gasteiger partial charge in [0, 0.05) is 31.0 Å². The highest BCUT2D eigenvalue weighted by Crippen LogP contribution is 2.21. The molecule has 3 rings (SSSR count). The van der Waals surface area contributed by atoms with E-state index in [2.05, 4.69) is 10.3 Å². The molecule has 0 aliphatic heterocycles. The minimum atomic E-state index is -0.160. The number of halogens is 1. The van der Waals surface area contributed by atoms with E-state index in [4.69, 9.17) is 16.3 Å². The van der Waals surface area contributed by atoms with E-state index in [0.29, 0.717) is 40.7 Å². The Kier molecular flexibility index (Phi) is 7.53. The maximum atomic E-state index is 13.0. The molecular weight excluding hydrogens is 422 g/mol. The van der Waals surface area contributed by atoms with Crippen molar-refractivity contribution >= 4 is 45.9 Å². The molecule has 3 aromatic rings. The molecule has 6 nitrogen and oxygen atoms in total. The summed E-state index contributed by atoms with van der Waals surface area (Å²) in [5.74, 6) is -0.0254. The van der Waals surface area contributed by atoms with Crippen LogP contribution in [0.2, 0.25) is 5.02 Å². The van der Waals surface area contributed by atoms with E-state index in [1.54, 1.807) is 29.9 Å². The SMILES string of the molecule is COCCCn1c(SCC(=O)Nc2ccc(C)c(C)c2)nc2cc(Cl)ccc2c1=O. The number of hydrogen-bond acceptors (Lipinski definition) is 5. The fourth-order valence-electron chi connectivity index (χ4n) is 2.99. The molecule has 0 aliphatic carbocycles. The molecule has 1 heterocycles. The molecule has 30 heavy (non-hydrogen) atoms. The van der Waals surface area contributed by atoms with E-state index in [1.165, 1.54) is 17.3 Å². The Balaban J connectivity index is 1.82. The Morgan fingerprint density at radius 3 is 2.73 bits per heavy atom. The number of aromatic nitrogens is 2. The zero-order valence-corrected chi connectivity index (χ0v) is 18.8. The summed E-state index contributed by atoms with van der Waals surface area (Å²) in [6.45, 7) is 5.02. The number of rotatable bonds is 8. The van der Waals surface area contributed by atoms with Gasteiger partial charge < -0.3 is 10.1 Å². The number of amides is 1.